The highest BCUT2D eigenvalue weighted by atomic mass is 32.1. The van der Waals surface area contributed by atoms with Crippen LogP contribution in [0.5, 0.6) is 0 Å². The number of nitrogens with zero attached hydrogens (tertiary/aromatic N) is 1. The molecule has 1 heterocycles. The second-order valence-corrected chi connectivity index (χ2v) is 18.6. The van der Waals surface area contributed by atoms with Crippen molar-refractivity contribution in [1.29, 1.82) is 0 Å². The Bertz CT molecular complexity index is 3570. The molecule has 0 bridgehead atoms. The van der Waals surface area contributed by atoms with Crippen LogP contribution in [-0.2, 0) is 10.8 Å². The van der Waals surface area contributed by atoms with Gasteiger partial charge in [-0.15, -0.1) is 11.3 Å². The van der Waals surface area contributed by atoms with E-state index in [1.807, 2.05) is 11.3 Å². The van der Waals surface area contributed by atoms with Gasteiger partial charge in [-0.05, 0) is 103 Å². The lowest BCUT2D eigenvalue weighted by atomic mass is 9.67. The van der Waals surface area contributed by atoms with Crippen molar-refractivity contribution < 1.29 is 0 Å². The maximum atomic E-state index is 2.55. The maximum Gasteiger partial charge on any atom is 0.0714 e. The predicted molar refractivity (Wildman–Crippen MR) is 264 cm³/mol. The van der Waals surface area contributed by atoms with E-state index in [-0.39, 0.29) is 5.41 Å². The van der Waals surface area contributed by atoms with E-state index in [2.05, 4.69) is 231 Å². The van der Waals surface area contributed by atoms with Gasteiger partial charge < -0.3 is 4.90 Å². The summed E-state index contributed by atoms with van der Waals surface area (Å²) in [5.74, 6) is 0. The number of fused-ring (bicyclic) bond motifs is 13. The van der Waals surface area contributed by atoms with Crippen molar-refractivity contribution in [3.63, 3.8) is 0 Å². The molecule has 1 aromatic heterocycles. The normalized spacial score (nSPS) is 14.2. The van der Waals surface area contributed by atoms with Gasteiger partial charge in [0.25, 0.3) is 0 Å². The molecule has 0 amide bonds. The zero-order valence-electron chi connectivity index (χ0n) is 34.6. The molecular formula is C60H41NS. The number of benzene rings is 10. The fraction of sp³-hybridized carbons (Fsp3) is 0.0667. The third-order valence-corrected chi connectivity index (χ3v) is 15.3. The Kier molecular flexibility index (Phi) is 7.51. The minimum absolute atomic E-state index is 0.141. The summed E-state index contributed by atoms with van der Waals surface area (Å²) < 4.78 is 2.71. The lowest BCUT2D eigenvalue weighted by Gasteiger charge is -2.35. The van der Waals surface area contributed by atoms with E-state index >= 15 is 0 Å². The molecule has 2 aliphatic rings. The van der Waals surface area contributed by atoms with Gasteiger partial charge in [0.05, 0.1) is 11.1 Å². The van der Waals surface area contributed by atoms with Crippen LogP contribution in [0.2, 0.25) is 0 Å². The van der Waals surface area contributed by atoms with Crippen molar-refractivity contribution in [1.82, 2.24) is 0 Å². The predicted octanol–water partition coefficient (Wildman–Crippen LogP) is 16.5. The van der Waals surface area contributed by atoms with E-state index in [1.165, 1.54) is 97.4 Å². The Balaban J connectivity index is 1.12. The van der Waals surface area contributed by atoms with Gasteiger partial charge in [0.2, 0.25) is 0 Å². The summed E-state index contributed by atoms with van der Waals surface area (Å²) in [6.45, 7) is 4.80. The summed E-state index contributed by atoms with van der Waals surface area (Å²) in [6.07, 6.45) is 0. The quantitative estimate of drug-likeness (QED) is 0.157. The second kappa shape index (κ2) is 13.1. The van der Waals surface area contributed by atoms with Crippen LogP contribution in [-0.4, -0.2) is 0 Å². The minimum Gasteiger partial charge on any atom is -0.310 e. The van der Waals surface area contributed by atoms with E-state index in [9.17, 15) is 0 Å². The zero-order valence-corrected chi connectivity index (χ0v) is 35.4. The molecule has 0 radical (unpaired) electrons. The average molecular weight is 808 g/mol. The van der Waals surface area contributed by atoms with Gasteiger partial charge in [0.15, 0.2) is 0 Å². The molecule has 13 rings (SSSR count). The fourth-order valence-electron chi connectivity index (χ4n) is 11.4. The molecule has 0 aliphatic heterocycles. The molecule has 62 heavy (non-hydrogen) atoms. The second-order valence-electron chi connectivity index (χ2n) is 17.6. The molecule has 0 spiro atoms. The molecule has 292 valence electrons. The molecule has 2 aliphatic carbocycles. The van der Waals surface area contributed by atoms with E-state index in [4.69, 9.17) is 0 Å². The number of hydrogen-bond acceptors (Lipinski definition) is 2. The first-order chi connectivity index (χ1) is 30.5. The molecule has 0 atom stereocenters. The monoisotopic (exact) mass is 807 g/mol. The number of hydrogen-bond donors (Lipinski definition) is 0. The summed E-state index contributed by atoms with van der Waals surface area (Å²) >= 11 is 1.93. The first-order valence-corrected chi connectivity index (χ1v) is 22.5. The van der Waals surface area contributed by atoms with E-state index in [1.54, 1.807) is 0 Å². The van der Waals surface area contributed by atoms with Crippen molar-refractivity contribution in [2.45, 2.75) is 24.7 Å². The van der Waals surface area contributed by atoms with Gasteiger partial charge in [-0.25, -0.2) is 0 Å². The molecule has 0 saturated heterocycles. The summed E-state index contributed by atoms with van der Waals surface area (Å²) in [5, 5.41) is 7.64. The van der Waals surface area contributed by atoms with Crippen molar-refractivity contribution in [3.8, 4) is 22.3 Å². The van der Waals surface area contributed by atoms with Gasteiger partial charge in [-0.2, -0.15) is 0 Å². The molecular weight excluding hydrogens is 767 g/mol. The molecule has 10 aromatic carbocycles. The van der Waals surface area contributed by atoms with Gasteiger partial charge in [-0.3, -0.25) is 0 Å². The van der Waals surface area contributed by atoms with Crippen molar-refractivity contribution in [2.24, 2.45) is 0 Å². The van der Waals surface area contributed by atoms with Crippen LogP contribution >= 0.6 is 11.3 Å². The first-order valence-electron chi connectivity index (χ1n) is 21.7. The van der Waals surface area contributed by atoms with E-state index in [0.717, 1.165) is 17.1 Å². The van der Waals surface area contributed by atoms with Crippen molar-refractivity contribution >= 4 is 70.1 Å². The molecule has 1 nitrogen and oxygen atoms in total. The number of rotatable bonds is 5. The van der Waals surface area contributed by atoms with Crippen LogP contribution in [0.4, 0.5) is 17.1 Å². The Morgan fingerprint density at radius 1 is 0.387 bits per heavy atom. The standard InChI is InChI=1S/C60H41NS/c1-59(2)51-33-30-41(36-50(51)57-53(59)34-32-49-48-26-14-16-28-56(48)62-58(49)57)61(55-35-38-17-9-10-22-43(38)44-23-11-12-25-47(44)55)42-29-31-46-45-24-13-15-27-52(45)60(54(46)37-42,39-18-5-3-6-19-39)40-20-7-4-8-21-40/h3-37H,1-2H3. The van der Waals surface area contributed by atoms with Crippen LogP contribution in [0.25, 0.3) is 64.0 Å². The summed E-state index contributed by atoms with van der Waals surface area (Å²) in [6, 6.07) is 79.7. The Hall–Kier alpha value is -7.26. The van der Waals surface area contributed by atoms with Crippen LogP contribution in [0.3, 0.4) is 0 Å². The largest absolute Gasteiger partial charge is 0.310 e. The zero-order chi connectivity index (χ0) is 41.2. The van der Waals surface area contributed by atoms with Gasteiger partial charge in [0.1, 0.15) is 0 Å². The van der Waals surface area contributed by atoms with E-state index in [0.29, 0.717) is 0 Å². The summed E-state index contributed by atoms with van der Waals surface area (Å²) in [5.41, 5.74) is 16.0. The molecule has 0 fully saturated rings. The molecule has 0 unspecified atom stereocenters. The first kappa shape index (κ1) is 35.5. The topological polar surface area (TPSA) is 3.24 Å². The molecule has 0 N–H and O–H groups in total. The number of thiophene rings is 1. The Morgan fingerprint density at radius 2 is 0.984 bits per heavy atom. The molecule has 0 saturated carbocycles. The highest BCUT2D eigenvalue weighted by molar-refractivity contribution is 7.26. The lowest BCUT2D eigenvalue weighted by molar-refractivity contribution is 0.661. The molecule has 11 aromatic rings. The maximum absolute atomic E-state index is 2.55. The smallest absolute Gasteiger partial charge is 0.0714 e. The fourth-order valence-corrected chi connectivity index (χ4v) is 12.6. The third kappa shape index (κ3) is 4.79. The Labute approximate surface area is 365 Å². The highest BCUT2D eigenvalue weighted by Gasteiger charge is 2.46. The lowest BCUT2D eigenvalue weighted by Crippen LogP contribution is -2.28. The minimum atomic E-state index is -0.519. The SMILES string of the molecule is CC1(C)c2ccc(N(c3ccc4c(c3)C(c3ccccc3)(c3ccccc3)c3ccccc3-4)c3cc4ccccc4c4ccccc34)cc2-c2c1ccc1c2sc2ccccc21. The van der Waals surface area contributed by atoms with Gasteiger partial charge in [0, 0.05) is 47.9 Å². The molecule has 2 heteroatoms. The van der Waals surface area contributed by atoms with Crippen LogP contribution in [0.1, 0.15) is 47.2 Å². The van der Waals surface area contributed by atoms with Crippen LogP contribution in [0, 0.1) is 0 Å². The van der Waals surface area contributed by atoms with Crippen molar-refractivity contribution in [3.05, 3.63) is 246 Å². The summed E-state index contributed by atoms with van der Waals surface area (Å²) in [4.78, 5) is 2.55. The number of anilines is 3. The van der Waals surface area contributed by atoms with Crippen molar-refractivity contribution in [2.75, 3.05) is 4.90 Å². The van der Waals surface area contributed by atoms with Crippen LogP contribution < -0.4 is 4.90 Å². The highest BCUT2D eigenvalue weighted by Crippen LogP contribution is 2.59. The van der Waals surface area contributed by atoms with Crippen LogP contribution in [0.15, 0.2) is 212 Å². The average Bonchev–Trinajstić information content (AvgIpc) is 3.93. The summed E-state index contributed by atoms with van der Waals surface area (Å²) in [7, 11) is 0. The van der Waals surface area contributed by atoms with Gasteiger partial charge in [-0.1, -0.05) is 190 Å². The third-order valence-electron chi connectivity index (χ3n) is 14.1. The van der Waals surface area contributed by atoms with E-state index < -0.39 is 5.41 Å². The Morgan fingerprint density at radius 3 is 1.77 bits per heavy atom. The van der Waals surface area contributed by atoms with Gasteiger partial charge >= 0.3 is 0 Å².